The second-order valence-electron chi connectivity index (χ2n) is 4.91. The first-order valence-electron chi connectivity index (χ1n) is 5.92. The molecule has 19 heavy (non-hydrogen) atoms. The smallest absolute Gasteiger partial charge is 0.236 e. The first kappa shape index (κ1) is 13.1. The van der Waals surface area contributed by atoms with Crippen LogP contribution >= 0.6 is 0 Å². The van der Waals surface area contributed by atoms with Gasteiger partial charge in [-0.05, 0) is 31.5 Å². The van der Waals surface area contributed by atoms with Gasteiger partial charge in [0, 0.05) is 12.7 Å². The maximum atomic E-state index is 12.3. The monoisotopic (exact) mass is 259 g/mol. The Morgan fingerprint density at radius 2 is 1.95 bits per heavy atom. The van der Waals surface area contributed by atoms with E-state index < -0.39 is 5.41 Å². The van der Waals surface area contributed by atoms with E-state index in [-0.39, 0.29) is 5.91 Å². The number of nitrogens with one attached hydrogen (secondary N) is 1. The predicted molar refractivity (Wildman–Crippen MR) is 73.5 cm³/mol. The number of anilines is 2. The zero-order valence-electron chi connectivity index (χ0n) is 11.2. The maximum absolute atomic E-state index is 12.3. The molecule has 1 heterocycles. The van der Waals surface area contributed by atoms with Gasteiger partial charge >= 0.3 is 0 Å². The largest absolute Gasteiger partial charge is 0.399 e. The third-order valence-corrected chi connectivity index (χ3v) is 3.14. The molecule has 6 heteroatoms. The number of carbonyl (C=O) groups is 1. The van der Waals surface area contributed by atoms with Crippen molar-refractivity contribution in [2.45, 2.75) is 19.3 Å². The quantitative estimate of drug-likeness (QED) is 0.814. The zero-order chi connectivity index (χ0) is 14.0. The number of aryl methyl sites for hydroxylation is 1. The second kappa shape index (κ2) is 4.72. The Labute approximate surface area is 111 Å². The standard InChI is InChI=1S/C13H17N5O/c1-13(2,9-4-6-10(14)7-5-9)11(19)17-12-15-8-16-18(12)3/h4-8H,14H2,1-3H3,(H,15,16,17,19). The number of aromatic nitrogens is 3. The zero-order valence-corrected chi connectivity index (χ0v) is 11.2. The van der Waals surface area contributed by atoms with Gasteiger partial charge in [-0.2, -0.15) is 10.1 Å². The van der Waals surface area contributed by atoms with E-state index >= 15 is 0 Å². The van der Waals surface area contributed by atoms with Gasteiger partial charge in [0.2, 0.25) is 11.9 Å². The van der Waals surface area contributed by atoms with E-state index in [1.807, 2.05) is 26.0 Å². The third-order valence-electron chi connectivity index (χ3n) is 3.14. The van der Waals surface area contributed by atoms with Crippen molar-refractivity contribution in [3.63, 3.8) is 0 Å². The molecule has 1 aromatic carbocycles. The molecule has 3 N–H and O–H groups in total. The van der Waals surface area contributed by atoms with E-state index in [1.54, 1.807) is 19.2 Å². The van der Waals surface area contributed by atoms with Crippen molar-refractivity contribution in [3.05, 3.63) is 36.2 Å². The Hall–Kier alpha value is -2.37. The molecule has 1 aromatic heterocycles. The minimum absolute atomic E-state index is 0.145. The van der Waals surface area contributed by atoms with Gasteiger partial charge < -0.3 is 5.73 Å². The molecule has 0 atom stereocenters. The topological polar surface area (TPSA) is 85.8 Å². The lowest BCUT2D eigenvalue weighted by Gasteiger charge is -2.23. The van der Waals surface area contributed by atoms with E-state index in [4.69, 9.17) is 5.73 Å². The molecule has 100 valence electrons. The minimum atomic E-state index is -0.681. The average molecular weight is 259 g/mol. The summed E-state index contributed by atoms with van der Waals surface area (Å²) in [7, 11) is 1.72. The molecule has 0 spiro atoms. The van der Waals surface area contributed by atoms with Crippen molar-refractivity contribution in [1.29, 1.82) is 0 Å². The number of carbonyl (C=O) groups excluding carboxylic acids is 1. The van der Waals surface area contributed by atoms with Crippen LogP contribution in [0.15, 0.2) is 30.6 Å². The van der Waals surface area contributed by atoms with Crippen LogP contribution in [0, 0.1) is 0 Å². The van der Waals surface area contributed by atoms with Crippen LogP contribution in [0.1, 0.15) is 19.4 Å². The number of nitrogens with zero attached hydrogens (tertiary/aromatic N) is 3. The highest BCUT2D eigenvalue weighted by molar-refractivity contribution is 5.97. The van der Waals surface area contributed by atoms with Crippen molar-refractivity contribution >= 4 is 17.5 Å². The summed E-state index contributed by atoms with van der Waals surface area (Å²) in [6, 6.07) is 7.27. The Morgan fingerprint density at radius 3 is 2.47 bits per heavy atom. The summed E-state index contributed by atoms with van der Waals surface area (Å²) in [6.07, 6.45) is 1.39. The molecule has 0 aliphatic rings. The lowest BCUT2D eigenvalue weighted by molar-refractivity contribution is -0.120. The van der Waals surface area contributed by atoms with E-state index in [0.717, 1.165) is 5.56 Å². The van der Waals surface area contributed by atoms with Crippen LogP contribution in [0.4, 0.5) is 11.6 Å². The highest BCUT2D eigenvalue weighted by Crippen LogP contribution is 2.25. The molecule has 0 saturated heterocycles. The Kier molecular flexibility index (Phi) is 3.25. The highest BCUT2D eigenvalue weighted by Gasteiger charge is 2.30. The van der Waals surface area contributed by atoms with Gasteiger partial charge in [-0.15, -0.1) is 0 Å². The lowest BCUT2D eigenvalue weighted by atomic mass is 9.83. The van der Waals surface area contributed by atoms with Gasteiger partial charge in [-0.3, -0.25) is 10.1 Å². The lowest BCUT2D eigenvalue weighted by Crippen LogP contribution is -2.35. The van der Waals surface area contributed by atoms with Crippen LogP contribution in [-0.4, -0.2) is 20.7 Å². The highest BCUT2D eigenvalue weighted by atomic mass is 16.2. The fourth-order valence-electron chi connectivity index (χ4n) is 1.70. The van der Waals surface area contributed by atoms with Gasteiger partial charge in [0.25, 0.3) is 0 Å². The van der Waals surface area contributed by atoms with Crippen LogP contribution in [-0.2, 0) is 17.3 Å². The molecule has 0 bridgehead atoms. The Morgan fingerprint density at radius 1 is 1.32 bits per heavy atom. The maximum Gasteiger partial charge on any atom is 0.236 e. The molecule has 0 fully saturated rings. The van der Waals surface area contributed by atoms with E-state index in [9.17, 15) is 4.79 Å². The van der Waals surface area contributed by atoms with Crippen molar-refractivity contribution in [1.82, 2.24) is 14.8 Å². The number of hydrogen-bond acceptors (Lipinski definition) is 4. The SMILES string of the molecule is Cn1ncnc1NC(=O)C(C)(C)c1ccc(N)cc1. The number of hydrogen-bond donors (Lipinski definition) is 2. The summed E-state index contributed by atoms with van der Waals surface area (Å²) in [5, 5.41) is 6.67. The van der Waals surface area contributed by atoms with Gasteiger partial charge in [0.05, 0.1) is 5.41 Å². The summed E-state index contributed by atoms with van der Waals surface area (Å²) in [4.78, 5) is 16.3. The minimum Gasteiger partial charge on any atom is -0.399 e. The number of amides is 1. The predicted octanol–water partition coefficient (Wildman–Crippen LogP) is 1.31. The molecule has 2 aromatic rings. The Balaban J connectivity index is 2.21. The van der Waals surface area contributed by atoms with Gasteiger partial charge in [-0.25, -0.2) is 4.68 Å². The van der Waals surface area contributed by atoms with Crippen LogP contribution in [0.5, 0.6) is 0 Å². The van der Waals surface area contributed by atoms with E-state index in [0.29, 0.717) is 11.6 Å². The summed E-state index contributed by atoms with van der Waals surface area (Å²) >= 11 is 0. The molecule has 2 rings (SSSR count). The molecular weight excluding hydrogens is 242 g/mol. The fourth-order valence-corrected chi connectivity index (χ4v) is 1.70. The van der Waals surface area contributed by atoms with Crippen LogP contribution < -0.4 is 11.1 Å². The van der Waals surface area contributed by atoms with Crippen molar-refractivity contribution in [3.8, 4) is 0 Å². The number of benzene rings is 1. The number of nitrogens with two attached hydrogens (primary N) is 1. The van der Waals surface area contributed by atoms with Gasteiger partial charge in [0.1, 0.15) is 6.33 Å². The van der Waals surface area contributed by atoms with Crippen molar-refractivity contribution in [2.24, 2.45) is 7.05 Å². The van der Waals surface area contributed by atoms with Gasteiger partial charge in [-0.1, -0.05) is 12.1 Å². The van der Waals surface area contributed by atoms with Crippen molar-refractivity contribution in [2.75, 3.05) is 11.1 Å². The van der Waals surface area contributed by atoms with Crippen molar-refractivity contribution < 1.29 is 4.79 Å². The third kappa shape index (κ3) is 2.57. The van der Waals surface area contributed by atoms with E-state index in [2.05, 4.69) is 15.4 Å². The summed E-state index contributed by atoms with van der Waals surface area (Å²) < 4.78 is 1.51. The average Bonchev–Trinajstić information content (AvgIpc) is 2.75. The summed E-state index contributed by atoms with van der Waals surface area (Å²) in [5.74, 6) is 0.280. The molecule has 1 amide bonds. The first-order chi connectivity index (χ1) is 8.91. The molecule has 0 unspecified atom stereocenters. The fraction of sp³-hybridized carbons (Fsp3) is 0.308. The molecule has 6 nitrogen and oxygen atoms in total. The summed E-state index contributed by atoms with van der Waals surface area (Å²) in [6.45, 7) is 3.70. The molecule has 0 aliphatic heterocycles. The van der Waals surface area contributed by atoms with Crippen LogP contribution in [0.2, 0.25) is 0 Å². The molecule has 0 saturated carbocycles. The van der Waals surface area contributed by atoms with Crippen LogP contribution in [0.25, 0.3) is 0 Å². The summed E-state index contributed by atoms with van der Waals surface area (Å²) in [5.41, 5.74) is 6.54. The van der Waals surface area contributed by atoms with Crippen LogP contribution in [0.3, 0.4) is 0 Å². The number of nitrogen functional groups attached to an aromatic ring is 1. The molecule has 0 aliphatic carbocycles. The number of rotatable bonds is 3. The second-order valence-corrected chi connectivity index (χ2v) is 4.91. The first-order valence-corrected chi connectivity index (χ1v) is 5.92. The molecular formula is C13H17N5O. The van der Waals surface area contributed by atoms with E-state index in [1.165, 1.54) is 11.0 Å². The Bertz CT molecular complexity index is 585. The normalized spacial score (nSPS) is 11.3. The van der Waals surface area contributed by atoms with Gasteiger partial charge in [0.15, 0.2) is 0 Å². The molecule has 0 radical (unpaired) electrons.